The van der Waals surface area contributed by atoms with Crippen molar-refractivity contribution in [2.75, 3.05) is 30.7 Å². The maximum atomic E-state index is 12.9. The Morgan fingerprint density at radius 2 is 1.97 bits per heavy atom. The Hall–Kier alpha value is -2.25. The molecule has 4 rings (SSSR count). The van der Waals surface area contributed by atoms with Crippen molar-refractivity contribution in [2.45, 2.75) is 32.2 Å². The number of amides is 1. The fourth-order valence-corrected chi connectivity index (χ4v) is 4.20. The predicted molar refractivity (Wildman–Crippen MR) is 140 cm³/mol. The molecule has 1 fully saturated rings. The van der Waals surface area contributed by atoms with Crippen LogP contribution in [-0.4, -0.2) is 41.5 Å². The second-order valence-corrected chi connectivity index (χ2v) is 8.36. The molecule has 2 heterocycles. The van der Waals surface area contributed by atoms with Crippen molar-refractivity contribution in [1.29, 1.82) is 0 Å². The fourth-order valence-electron chi connectivity index (χ4n) is 4.07. The fraction of sp³-hybridized carbons (Fsp3) is 0.333. The number of halogens is 3. The van der Waals surface area contributed by atoms with Crippen LogP contribution in [0.1, 0.15) is 25.0 Å². The molecule has 1 amide bonds. The highest BCUT2D eigenvalue weighted by Gasteiger charge is 2.30. The first-order valence-electron chi connectivity index (χ1n) is 10.6. The third-order valence-corrected chi connectivity index (χ3v) is 5.83. The standard InChI is InChI=1S/C24H27ClN4O2.2ClH/c1-16-14-21(26)20-15-18(7-10-22(20)27-16)28-24(30)23-4-2-11-29(23)12-3-13-31-19-8-5-17(25)6-9-19;;/h5-10,14-15,23H,2-4,11-13H2,1H3,(H2,26,27)(H,28,30);2*1H/t23-;;/m0../s1. The van der Waals surface area contributed by atoms with Gasteiger partial charge in [0.05, 0.1) is 18.2 Å². The summed E-state index contributed by atoms with van der Waals surface area (Å²) in [6, 6.07) is 14.8. The first kappa shape index (κ1) is 27.0. The number of pyridine rings is 1. The predicted octanol–water partition coefficient (Wildman–Crippen LogP) is 5.49. The van der Waals surface area contributed by atoms with Gasteiger partial charge in [0.15, 0.2) is 0 Å². The van der Waals surface area contributed by atoms with E-state index in [1.165, 1.54) is 0 Å². The molecule has 3 N–H and O–H groups in total. The molecule has 6 nitrogen and oxygen atoms in total. The number of hydrogen-bond donors (Lipinski definition) is 2. The van der Waals surface area contributed by atoms with Gasteiger partial charge in [0.1, 0.15) is 5.75 Å². The van der Waals surface area contributed by atoms with Gasteiger partial charge in [-0.15, -0.1) is 24.8 Å². The second kappa shape index (κ2) is 12.3. The number of likely N-dealkylation sites (tertiary alicyclic amines) is 1. The third-order valence-electron chi connectivity index (χ3n) is 5.57. The summed E-state index contributed by atoms with van der Waals surface area (Å²) >= 11 is 5.90. The second-order valence-electron chi connectivity index (χ2n) is 7.92. The van der Waals surface area contributed by atoms with Crippen LogP contribution in [0.15, 0.2) is 48.5 Å². The number of aryl methyl sites for hydroxylation is 1. The van der Waals surface area contributed by atoms with Crippen LogP contribution in [0.25, 0.3) is 10.9 Å². The molecule has 1 aliphatic rings. The molecule has 0 aliphatic carbocycles. The summed E-state index contributed by atoms with van der Waals surface area (Å²) in [6.07, 6.45) is 2.73. The normalized spacial score (nSPS) is 15.5. The number of nitrogen functional groups attached to an aromatic ring is 1. The van der Waals surface area contributed by atoms with E-state index in [0.717, 1.165) is 60.4 Å². The van der Waals surface area contributed by atoms with Gasteiger partial charge < -0.3 is 15.8 Å². The van der Waals surface area contributed by atoms with E-state index in [0.29, 0.717) is 17.3 Å². The van der Waals surface area contributed by atoms with Gasteiger partial charge in [-0.3, -0.25) is 14.7 Å². The van der Waals surface area contributed by atoms with Crippen molar-refractivity contribution >= 4 is 64.6 Å². The number of aromatic nitrogens is 1. The SMILES string of the molecule is Cc1cc(N)c2cc(NC(=O)[C@@H]3CCCN3CCCOc3ccc(Cl)cc3)ccc2n1.Cl.Cl. The molecule has 3 aromatic rings. The number of rotatable bonds is 7. The molecule has 0 saturated carbocycles. The smallest absolute Gasteiger partial charge is 0.241 e. The third kappa shape index (κ3) is 6.87. The Kier molecular flexibility index (Phi) is 10.0. The van der Waals surface area contributed by atoms with Gasteiger partial charge in [0.25, 0.3) is 0 Å². The van der Waals surface area contributed by atoms with Gasteiger partial charge in [0, 0.05) is 34.0 Å². The molecule has 1 atom stereocenters. The highest BCUT2D eigenvalue weighted by molar-refractivity contribution is 6.30. The maximum Gasteiger partial charge on any atom is 0.241 e. The number of nitrogens with one attached hydrogen (secondary N) is 1. The van der Waals surface area contributed by atoms with E-state index in [1.54, 1.807) is 0 Å². The molecule has 1 aliphatic heterocycles. The van der Waals surface area contributed by atoms with Gasteiger partial charge in [-0.25, -0.2) is 0 Å². The molecule has 0 unspecified atom stereocenters. The van der Waals surface area contributed by atoms with Crippen LogP contribution in [0.5, 0.6) is 5.75 Å². The van der Waals surface area contributed by atoms with E-state index >= 15 is 0 Å². The van der Waals surface area contributed by atoms with Gasteiger partial charge >= 0.3 is 0 Å². The largest absolute Gasteiger partial charge is 0.494 e. The lowest BCUT2D eigenvalue weighted by Gasteiger charge is -2.23. The van der Waals surface area contributed by atoms with Crippen molar-refractivity contribution in [2.24, 2.45) is 0 Å². The Morgan fingerprint density at radius 3 is 2.73 bits per heavy atom. The highest BCUT2D eigenvalue weighted by Crippen LogP contribution is 2.25. The van der Waals surface area contributed by atoms with Crippen molar-refractivity contribution < 1.29 is 9.53 Å². The lowest BCUT2D eigenvalue weighted by Crippen LogP contribution is -2.40. The summed E-state index contributed by atoms with van der Waals surface area (Å²) in [6.45, 7) is 4.26. The van der Waals surface area contributed by atoms with E-state index in [-0.39, 0.29) is 36.8 Å². The number of nitrogens with zero attached hydrogens (tertiary/aromatic N) is 2. The Morgan fingerprint density at radius 1 is 1.21 bits per heavy atom. The van der Waals surface area contributed by atoms with Crippen LogP contribution >= 0.6 is 36.4 Å². The van der Waals surface area contributed by atoms with Crippen molar-refractivity contribution in [3.8, 4) is 5.75 Å². The average Bonchev–Trinajstić information content (AvgIpc) is 3.22. The average molecular weight is 512 g/mol. The minimum atomic E-state index is -0.125. The Labute approximate surface area is 211 Å². The molecule has 2 aromatic carbocycles. The number of anilines is 2. The van der Waals surface area contributed by atoms with Crippen molar-refractivity contribution in [1.82, 2.24) is 9.88 Å². The topological polar surface area (TPSA) is 80.5 Å². The Bertz CT molecular complexity index is 1080. The molecule has 0 spiro atoms. The van der Waals surface area contributed by atoms with E-state index in [4.69, 9.17) is 22.1 Å². The number of ether oxygens (including phenoxy) is 1. The van der Waals surface area contributed by atoms with Gasteiger partial charge in [-0.05, 0) is 81.3 Å². The highest BCUT2D eigenvalue weighted by atomic mass is 35.5. The summed E-state index contributed by atoms with van der Waals surface area (Å²) in [7, 11) is 0. The molecule has 1 aromatic heterocycles. The van der Waals surface area contributed by atoms with Crippen LogP contribution in [-0.2, 0) is 4.79 Å². The molecular formula is C24H29Cl3N4O2. The zero-order chi connectivity index (χ0) is 21.8. The molecule has 9 heteroatoms. The number of fused-ring (bicyclic) bond motifs is 1. The minimum Gasteiger partial charge on any atom is -0.494 e. The molecular weight excluding hydrogens is 483 g/mol. The molecule has 0 radical (unpaired) electrons. The van der Waals surface area contributed by atoms with Gasteiger partial charge in [0.2, 0.25) is 5.91 Å². The lowest BCUT2D eigenvalue weighted by molar-refractivity contribution is -0.120. The first-order chi connectivity index (χ1) is 15.0. The summed E-state index contributed by atoms with van der Waals surface area (Å²) < 4.78 is 5.77. The lowest BCUT2D eigenvalue weighted by atomic mass is 10.1. The van der Waals surface area contributed by atoms with Crippen LogP contribution in [0.4, 0.5) is 11.4 Å². The molecule has 33 heavy (non-hydrogen) atoms. The summed E-state index contributed by atoms with van der Waals surface area (Å²) in [5.74, 6) is 0.828. The van der Waals surface area contributed by atoms with Crippen molar-refractivity contribution in [3.05, 3.63) is 59.2 Å². The van der Waals surface area contributed by atoms with E-state index in [9.17, 15) is 4.79 Å². The molecule has 0 bridgehead atoms. The monoisotopic (exact) mass is 510 g/mol. The summed E-state index contributed by atoms with van der Waals surface area (Å²) in [5.41, 5.74) is 9.26. The van der Waals surface area contributed by atoms with Crippen LogP contribution in [0.2, 0.25) is 5.02 Å². The zero-order valence-electron chi connectivity index (χ0n) is 18.4. The quantitative estimate of drug-likeness (QED) is 0.410. The molecule has 1 saturated heterocycles. The molecule has 178 valence electrons. The number of hydrogen-bond acceptors (Lipinski definition) is 5. The maximum absolute atomic E-state index is 12.9. The Balaban J connectivity index is 0.00000193. The summed E-state index contributed by atoms with van der Waals surface area (Å²) in [5, 5.41) is 4.61. The zero-order valence-corrected chi connectivity index (χ0v) is 20.8. The van der Waals surface area contributed by atoms with E-state index in [1.807, 2.05) is 55.5 Å². The summed E-state index contributed by atoms with van der Waals surface area (Å²) in [4.78, 5) is 19.7. The van der Waals surface area contributed by atoms with Crippen LogP contribution in [0, 0.1) is 6.92 Å². The minimum absolute atomic E-state index is 0. The number of nitrogens with two attached hydrogens (primary N) is 1. The van der Waals surface area contributed by atoms with Crippen LogP contribution < -0.4 is 15.8 Å². The van der Waals surface area contributed by atoms with Crippen LogP contribution in [0.3, 0.4) is 0 Å². The van der Waals surface area contributed by atoms with Gasteiger partial charge in [-0.2, -0.15) is 0 Å². The van der Waals surface area contributed by atoms with E-state index in [2.05, 4.69) is 15.2 Å². The number of benzene rings is 2. The number of carbonyl (C=O) groups is 1. The number of carbonyl (C=O) groups excluding carboxylic acids is 1. The van der Waals surface area contributed by atoms with Gasteiger partial charge in [-0.1, -0.05) is 11.6 Å². The van der Waals surface area contributed by atoms with E-state index < -0.39 is 0 Å². The first-order valence-corrected chi connectivity index (χ1v) is 11.0. The van der Waals surface area contributed by atoms with Crippen molar-refractivity contribution in [3.63, 3.8) is 0 Å².